The third-order valence-electron chi connectivity index (χ3n) is 3.11. The number of amides is 3. The van der Waals surface area contributed by atoms with Gasteiger partial charge in [0.05, 0.1) is 0 Å². The molecule has 0 aromatic carbocycles. The van der Waals surface area contributed by atoms with Crippen molar-refractivity contribution in [1.29, 1.82) is 0 Å². The highest BCUT2D eigenvalue weighted by Gasteiger charge is 2.24. The largest absolute Gasteiger partial charge is 0.480 e. The van der Waals surface area contributed by atoms with Crippen molar-refractivity contribution in [3.63, 3.8) is 0 Å². The van der Waals surface area contributed by atoms with Crippen LogP contribution in [0, 0.1) is 0 Å². The van der Waals surface area contributed by atoms with Crippen molar-refractivity contribution < 1.29 is 19.5 Å². The Hall–Kier alpha value is -1.79. The maximum atomic E-state index is 11.7. The van der Waals surface area contributed by atoms with Gasteiger partial charge in [-0.05, 0) is 19.8 Å². The van der Waals surface area contributed by atoms with E-state index < -0.39 is 18.0 Å². The normalized spacial score (nSPS) is 13.2. The second-order valence-electron chi connectivity index (χ2n) is 4.73. The number of aliphatic carboxylic acids is 1. The lowest BCUT2D eigenvalue weighted by Gasteiger charge is -2.24. The van der Waals surface area contributed by atoms with Gasteiger partial charge in [0.25, 0.3) is 0 Å². The molecule has 0 fully saturated rings. The third kappa shape index (κ3) is 6.40. The Morgan fingerprint density at radius 1 is 1.20 bits per heavy atom. The lowest BCUT2D eigenvalue weighted by atomic mass is 10.2. The number of rotatable bonds is 8. The molecule has 2 unspecified atom stereocenters. The smallest absolute Gasteiger partial charge is 0.326 e. The van der Waals surface area contributed by atoms with Crippen LogP contribution < -0.4 is 10.6 Å². The molecule has 0 radical (unpaired) electrons. The van der Waals surface area contributed by atoms with Gasteiger partial charge in [-0.3, -0.25) is 4.79 Å². The van der Waals surface area contributed by atoms with Crippen molar-refractivity contribution in [3.05, 3.63) is 0 Å². The molecular formula is C13H25N3O4. The molecule has 0 saturated carbocycles. The number of nitrogens with one attached hydrogen (secondary N) is 2. The van der Waals surface area contributed by atoms with Crippen LogP contribution in [0.1, 0.15) is 40.0 Å². The second kappa shape index (κ2) is 9.17. The molecule has 0 aliphatic carbocycles. The van der Waals surface area contributed by atoms with Crippen LogP contribution in [0.2, 0.25) is 0 Å². The molecule has 7 heteroatoms. The first-order valence-corrected chi connectivity index (χ1v) is 6.86. The fraction of sp³-hybridized carbons (Fsp3) is 0.769. The van der Waals surface area contributed by atoms with E-state index in [9.17, 15) is 14.4 Å². The summed E-state index contributed by atoms with van der Waals surface area (Å²) in [5, 5.41) is 14.3. The summed E-state index contributed by atoms with van der Waals surface area (Å²) >= 11 is 0. The highest BCUT2D eigenvalue weighted by Crippen LogP contribution is 2.02. The molecule has 0 aliphatic rings. The van der Waals surface area contributed by atoms with Crippen molar-refractivity contribution >= 4 is 17.9 Å². The number of likely N-dealkylation sites (N-methyl/N-ethyl adjacent to an activating group) is 1. The summed E-state index contributed by atoms with van der Waals surface area (Å²) in [6.45, 7) is 5.76. The van der Waals surface area contributed by atoms with Crippen LogP contribution in [0.3, 0.4) is 0 Å². The van der Waals surface area contributed by atoms with Crippen LogP contribution >= 0.6 is 0 Å². The van der Waals surface area contributed by atoms with Gasteiger partial charge in [0.1, 0.15) is 6.04 Å². The van der Waals surface area contributed by atoms with Crippen molar-refractivity contribution in [2.45, 2.75) is 52.1 Å². The number of carboxylic acids is 1. The van der Waals surface area contributed by atoms with Gasteiger partial charge >= 0.3 is 12.0 Å². The summed E-state index contributed by atoms with van der Waals surface area (Å²) in [6.07, 6.45) is 1.35. The average Bonchev–Trinajstić information content (AvgIpc) is 2.38. The Morgan fingerprint density at radius 2 is 1.80 bits per heavy atom. The maximum absolute atomic E-state index is 11.7. The molecule has 2 atom stereocenters. The summed E-state index contributed by atoms with van der Waals surface area (Å²) in [7, 11) is 1.43. The minimum Gasteiger partial charge on any atom is -0.480 e. The number of hydrogen-bond donors (Lipinski definition) is 3. The van der Waals surface area contributed by atoms with E-state index >= 15 is 0 Å². The van der Waals surface area contributed by atoms with Crippen LogP contribution in [-0.2, 0) is 9.59 Å². The number of carbonyl (C=O) groups is 3. The molecule has 0 aromatic heterocycles. The molecule has 0 spiro atoms. The third-order valence-corrected chi connectivity index (χ3v) is 3.11. The van der Waals surface area contributed by atoms with E-state index in [0.717, 1.165) is 11.3 Å². The zero-order chi connectivity index (χ0) is 15.7. The number of urea groups is 1. The van der Waals surface area contributed by atoms with E-state index in [1.165, 1.54) is 7.05 Å². The lowest BCUT2D eigenvalue weighted by Crippen LogP contribution is -2.47. The summed E-state index contributed by atoms with van der Waals surface area (Å²) in [5.74, 6) is -1.17. The van der Waals surface area contributed by atoms with Gasteiger partial charge in [-0.2, -0.15) is 0 Å². The highest BCUT2D eigenvalue weighted by molar-refractivity contribution is 5.83. The first kappa shape index (κ1) is 18.2. The predicted molar refractivity (Wildman–Crippen MR) is 75.4 cm³/mol. The molecule has 3 amide bonds. The van der Waals surface area contributed by atoms with E-state index in [-0.39, 0.29) is 24.9 Å². The van der Waals surface area contributed by atoms with E-state index in [1.807, 2.05) is 13.8 Å². The van der Waals surface area contributed by atoms with Gasteiger partial charge in [-0.15, -0.1) is 0 Å². The molecule has 0 rings (SSSR count). The quantitative estimate of drug-likeness (QED) is 0.615. The Balaban J connectivity index is 4.10. The van der Waals surface area contributed by atoms with E-state index in [2.05, 4.69) is 10.6 Å². The Morgan fingerprint density at radius 3 is 2.25 bits per heavy atom. The van der Waals surface area contributed by atoms with Gasteiger partial charge in [0.2, 0.25) is 5.91 Å². The lowest BCUT2D eigenvalue weighted by molar-refractivity contribution is -0.141. The van der Waals surface area contributed by atoms with Gasteiger partial charge in [0, 0.05) is 26.1 Å². The number of nitrogens with zero attached hydrogens (tertiary/aromatic N) is 1. The molecule has 0 bridgehead atoms. The molecular weight excluding hydrogens is 262 g/mol. The SMILES string of the molecule is CCC(C)NC(=O)CCNC(=O)N(C)C(CC)C(=O)O. The van der Waals surface area contributed by atoms with E-state index in [1.54, 1.807) is 6.92 Å². The van der Waals surface area contributed by atoms with Crippen LogP contribution in [0.4, 0.5) is 4.79 Å². The zero-order valence-electron chi connectivity index (χ0n) is 12.6. The molecule has 3 N–H and O–H groups in total. The first-order chi connectivity index (χ1) is 9.33. The second-order valence-corrected chi connectivity index (χ2v) is 4.73. The molecule has 0 saturated heterocycles. The van der Waals surface area contributed by atoms with Crippen LogP contribution in [0.5, 0.6) is 0 Å². The fourth-order valence-electron chi connectivity index (χ4n) is 1.61. The topological polar surface area (TPSA) is 98.7 Å². The highest BCUT2D eigenvalue weighted by atomic mass is 16.4. The minimum absolute atomic E-state index is 0.109. The molecule has 0 aromatic rings. The molecule has 116 valence electrons. The van der Waals surface area contributed by atoms with Crippen molar-refractivity contribution in [2.24, 2.45) is 0 Å². The van der Waals surface area contributed by atoms with Gasteiger partial charge < -0.3 is 20.6 Å². The van der Waals surface area contributed by atoms with Gasteiger partial charge in [-0.25, -0.2) is 9.59 Å². The van der Waals surface area contributed by atoms with Gasteiger partial charge in [-0.1, -0.05) is 13.8 Å². The average molecular weight is 287 g/mol. The van der Waals surface area contributed by atoms with E-state index in [4.69, 9.17) is 5.11 Å². The number of carboxylic acid groups (broad SMARTS) is 1. The van der Waals surface area contributed by atoms with Gasteiger partial charge in [0.15, 0.2) is 0 Å². The standard InChI is InChI=1S/C13H25N3O4/c1-5-9(3)15-11(17)7-8-14-13(20)16(4)10(6-2)12(18)19/h9-10H,5-8H2,1-4H3,(H,14,20)(H,15,17)(H,18,19). The molecule has 0 aliphatic heterocycles. The maximum Gasteiger partial charge on any atom is 0.326 e. The molecule has 0 heterocycles. The Kier molecular flexibility index (Phi) is 8.35. The van der Waals surface area contributed by atoms with Crippen molar-refractivity contribution in [3.8, 4) is 0 Å². The van der Waals surface area contributed by atoms with Crippen molar-refractivity contribution in [1.82, 2.24) is 15.5 Å². The van der Waals surface area contributed by atoms with Crippen LogP contribution in [0.25, 0.3) is 0 Å². The minimum atomic E-state index is -1.04. The van der Waals surface area contributed by atoms with Crippen LogP contribution in [0.15, 0.2) is 0 Å². The molecule has 7 nitrogen and oxygen atoms in total. The van der Waals surface area contributed by atoms with Crippen LogP contribution in [-0.4, -0.2) is 53.6 Å². The summed E-state index contributed by atoms with van der Waals surface area (Å²) < 4.78 is 0. The van der Waals surface area contributed by atoms with E-state index in [0.29, 0.717) is 6.42 Å². The number of hydrogen-bond acceptors (Lipinski definition) is 3. The number of carbonyl (C=O) groups excluding carboxylic acids is 2. The summed E-state index contributed by atoms with van der Waals surface area (Å²) in [4.78, 5) is 35.3. The Bertz CT molecular complexity index is 347. The fourth-order valence-corrected chi connectivity index (χ4v) is 1.61. The first-order valence-electron chi connectivity index (χ1n) is 6.86. The summed E-state index contributed by atoms with van der Waals surface area (Å²) in [5.41, 5.74) is 0. The zero-order valence-corrected chi connectivity index (χ0v) is 12.6. The van der Waals surface area contributed by atoms with Crippen molar-refractivity contribution in [2.75, 3.05) is 13.6 Å². The Labute approximate surface area is 119 Å². The molecule has 20 heavy (non-hydrogen) atoms. The monoisotopic (exact) mass is 287 g/mol. The summed E-state index contributed by atoms with van der Waals surface area (Å²) in [6, 6.07) is -1.24. The predicted octanol–water partition coefficient (Wildman–Crippen LogP) is 0.796.